The third-order valence-corrected chi connectivity index (χ3v) is 4.85. The highest BCUT2D eigenvalue weighted by Gasteiger charge is 2.24. The summed E-state index contributed by atoms with van der Waals surface area (Å²) < 4.78 is 11.1. The van der Waals surface area contributed by atoms with Gasteiger partial charge in [0, 0.05) is 24.7 Å². The van der Waals surface area contributed by atoms with Crippen LogP contribution in [0.25, 0.3) is 0 Å². The van der Waals surface area contributed by atoms with Crippen LogP contribution < -0.4 is 15.6 Å². The van der Waals surface area contributed by atoms with Crippen molar-refractivity contribution in [2.24, 2.45) is 11.0 Å². The Kier molecular flexibility index (Phi) is 7.24. The molecule has 0 radical (unpaired) electrons. The first-order valence-electron chi connectivity index (χ1n) is 10.1. The fourth-order valence-corrected chi connectivity index (χ4v) is 3.06. The van der Waals surface area contributed by atoms with Crippen molar-refractivity contribution in [1.82, 2.24) is 10.7 Å². The number of carbonyl (C=O) groups excluding carboxylic acids is 2. The van der Waals surface area contributed by atoms with Crippen LogP contribution in [0.4, 0.5) is 5.88 Å². The van der Waals surface area contributed by atoms with Gasteiger partial charge in [-0.15, -0.1) is 0 Å². The van der Waals surface area contributed by atoms with Gasteiger partial charge >= 0.3 is 0 Å². The first-order valence-corrected chi connectivity index (χ1v) is 10.1. The van der Waals surface area contributed by atoms with Crippen molar-refractivity contribution in [3.63, 3.8) is 0 Å². The molecule has 8 heteroatoms. The van der Waals surface area contributed by atoms with Gasteiger partial charge in [-0.25, -0.2) is 5.43 Å². The number of furan rings is 1. The molecule has 1 saturated heterocycles. The van der Waals surface area contributed by atoms with E-state index < -0.39 is 6.04 Å². The molecule has 1 aromatic carbocycles. The lowest BCUT2D eigenvalue weighted by Crippen LogP contribution is -2.48. The van der Waals surface area contributed by atoms with E-state index in [-0.39, 0.29) is 17.7 Å². The Morgan fingerprint density at radius 1 is 1.10 bits per heavy atom. The van der Waals surface area contributed by atoms with E-state index >= 15 is 0 Å². The van der Waals surface area contributed by atoms with Gasteiger partial charge in [0.25, 0.3) is 11.8 Å². The quantitative estimate of drug-likeness (QED) is 0.538. The van der Waals surface area contributed by atoms with Crippen LogP contribution in [0, 0.1) is 12.8 Å². The molecular formula is C22H28N4O4. The third-order valence-electron chi connectivity index (χ3n) is 4.85. The summed E-state index contributed by atoms with van der Waals surface area (Å²) in [6, 6.07) is 10.1. The fraction of sp³-hybridized carbons (Fsp3) is 0.409. The number of morpholine rings is 1. The molecule has 2 aromatic rings. The minimum atomic E-state index is -0.712. The van der Waals surface area contributed by atoms with Gasteiger partial charge in [-0.2, -0.15) is 5.10 Å². The zero-order valence-electron chi connectivity index (χ0n) is 17.6. The molecule has 1 aliphatic heterocycles. The zero-order chi connectivity index (χ0) is 21.5. The number of hydrazone groups is 1. The third kappa shape index (κ3) is 5.70. The smallest absolute Gasteiger partial charge is 0.262 e. The second-order valence-electron chi connectivity index (χ2n) is 7.57. The van der Waals surface area contributed by atoms with E-state index in [9.17, 15) is 9.59 Å². The summed E-state index contributed by atoms with van der Waals surface area (Å²) >= 11 is 0. The number of carbonyl (C=O) groups is 2. The van der Waals surface area contributed by atoms with Crippen LogP contribution in [0.3, 0.4) is 0 Å². The van der Waals surface area contributed by atoms with E-state index in [1.54, 1.807) is 18.2 Å². The minimum absolute atomic E-state index is 0.105. The summed E-state index contributed by atoms with van der Waals surface area (Å²) in [6.45, 7) is 8.58. The molecular weight excluding hydrogens is 384 g/mol. The molecule has 160 valence electrons. The number of rotatable bonds is 7. The van der Waals surface area contributed by atoms with Crippen LogP contribution in [0.5, 0.6) is 0 Å². The number of benzene rings is 1. The van der Waals surface area contributed by atoms with Crippen molar-refractivity contribution in [2.45, 2.75) is 26.8 Å². The normalized spacial score (nSPS) is 15.4. The predicted molar refractivity (Wildman–Crippen MR) is 115 cm³/mol. The lowest BCUT2D eigenvalue weighted by molar-refractivity contribution is -0.123. The number of aryl methyl sites for hydroxylation is 1. The minimum Gasteiger partial charge on any atom is -0.440 e. The maximum Gasteiger partial charge on any atom is 0.262 e. The molecule has 3 rings (SSSR count). The Hall–Kier alpha value is -3.13. The summed E-state index contributed by atoms with van der Waals surface area (Å²) in [7, 11) is 0. The highest BCUT2D eigenvalue weighted by molar-refractivity contribution is 5.97. The number of hydrogen-bond acceptors (Lipinski definition) is 6. The first kappa shape index (κ1) is 21.6. The topological polar surface area (TPSA) is 96.2 Å². The van der Waals surface area contributed by atoms with Gasteiger partial charge in [0.2, 0.25) is 0 Å². The van der Waals surface area contributed by atoms with Crippen LogP contribution in [0.15, 0.2) is 45.9 Å². The summed E-state index contributed by atoms with van der Waals surface area (Å²) in [4.78, 5) is 27.1. The Morgan fingerprint density at radius 2 is 1.80 bits per heavy atom. The van der Waals surface area contributed by atoms with Crippen LogP contribution in [-0.2, 0) is 9.53 Å². The van der Waals surface area contributed by atoms with E-state index in [0.29, 0.717) is 24.5 Å². The van der Waals surface area contributed by atoms with Gasteiger partial charge in [0.05, 0.1) is 19.4 Å². The summed E-state index contributed by atoms with van der Waals surface area (Å²) in [6.07, 6.45) is 1.45. The summed E-state index contributed by atoms with van der Waals surface area (Å²) in [5.74, 6) is 0.486. The molecule has 1 fully saturated rings. The van der Waals surface area contributed by atoms with Crippen molar-refractivity contribution >= 4 is 23.9 Å². The van der Waals surface area contributed by atoms with Crippen molar-refractivity contribution in [1.29, 1.82) is 0 Å². The van der Waals surface area contributed by atoms with E-state index in [1.165, 1.54) is 6.21 Å². The van der Waals surface area contributed by atoms with Gasteiger partial charge in [-0.05, 0) is 31.0 Å². The summed E-state index contributed by atoms with van der Waals surface area (Å²) in [5.41, 5.74) is 4.06. The first-order chi connectivity index (χ1) is 14.4. The number of anilines is 1. The average Bonchev–Trinajstić information content (AvgIpc) is 3.21. The predicted octanol–water partition coefficient (Wildman–Crippen LogP) is 2.33. The van der Waals surface area contributed by atoms with E-state index in [0.717, 1.165) is 24.5 Å². The van der Waals surface area contributed by atoms with Crippen molar-refractivity contribution in [2.75, 3.05) is 31.2 Å². The van der Waals surface area contributed by atoms with Gasteiger partial charge in [0.1, 0.15) is 11.8 Å². The molecule has 8 nitrogen and oxygen atoms in total. The van der Waals surface area contributed by atoms with Gasteiger partial charge in [0.15, 0.2) is 5.88 Å². The number of ether oxygens (including phenoxy) is 1. The van der Waals surface area contributed by atoms with E-state index in [1.807, 2.05) is 39.0 Å². The second-order valence-corrected chi connectivity index (χ2v) is 7.57. The lowest BCUT2D eigenvalue weighted by atomic mass is 10.0. The number of nitrogens with zero attached hydrogens (tertiary/aromatic N) is 2. The number of hydrogen-bond donors (Lipinski definition) is 2. The van der Waals surface area contributed by atoms with Crippen LogP contribution >= 0.6 is 0 Å². The average molecular weight is 412 g/mol. The lowest BCUT2D eigenvalue weighted by Gasteiger charge is -2.26. The van der Waals surface area contributed by atoms with Crippen LogP contribution in [0.2, 0.25) is 0 Å². The molecule has 2 amide bonds. The largest absolute Gasteiger partial charge is 0.440 e. The Morgan fingerprint density at radius 3 is 2.47 bits per heavy atom. The fourth-order valence-electron chi connectivity index (χ4n) is 3.06. The molecule has 1 unspecified atom stereocenters. The van der Waals surface area contributed by atoms with E-state index in [4.69, 9.17) is 9.15 Å². The second kappa shape index (κ2) is 10.1. The molecule has 0 saturated carbocycles. The monoisotopic (exact) mass is 412 g/mol. The van der Waals surface area contributed by atoms with Crippen molar-refractivity contribution in [3.8, 4) is 0 Å². The maximum absolute atomic E-state index is 12.6. The maximum atomic E-state index is 12.6. The molecule has 1 aliphatic rings. The Bertz CT molecular complexity index is 883. The highest BCUT2D eigenvalue weighted by Crippen LogP contribution is 2.18. The highest BCUT2D eigenvalue weighted by atomic mass is 16.5. The molecule has 0 aliphatic carbocycles. The SMILES string of the molecule is Cc1ccc(C(=O)NC(C(=O)N/N=C\c2ccc(N3CCOCC3)o2)C(C)C)cc1. The number of amides is 2. The molecule has 2 heterocycles. The number of nitrogens with one attached hydrogen (secondary N) is 2. The van der Waals surface area contributed by atoms with Gasteiger partial charge in [-0.1, -0.05) is 31.5 Å². The standard InChI is InChI=1S/C22H28N4O4/c1-15(2)20(24-21(27)17-6-4-16(3)5-7-17)22(28)25-23-14-18-8-9-19(30-18)26-10-12-29-13-11-26/h4-9,14-15,20H,10-13H2,1-3H3,(H,24,27)(H,25,28)/b23-14-. The Balaban J connectivity index is 1.56. The molecule has 30 heavy (non-hydrogen) atoms. The molecule has 0 spiro atoms. The van der Waals surface area contributed by atoms with Crippen molar-refractivity contribution < 1.29 is 18.7 Å². The molecule has 1 aromatic heterocycles. The van der Waals surface area contributed by atoms with Gasteiger partial charge in [-0.3, -0.25) is 9.59 Å². The molecule has 1 atom stereocenters. The van der Waals surface area contributed by atoms with Crippen LogP contribution in [0.1, 0.15) is 35.5 Å². The summed E-state index contributed by atoms with van der Waals surface area (Å²) in [5, 5.41) is 6.76. The van der Waals surface area contributed by atoms with E-state index in [2.05, 4.69) is 20.7 Å². The van der Waals surface area contributed by atoms with Gasteiger partial charge < -0.3 is 19.4 Å². The Labute approximate surface area is 176 Å². The van der Waals surface area contributed by atoms with Crippen LogP contribution in [-0.4, -0.2) is 50.4 Å². The zero-order valence-corrected chi connectivity index (χ0v) is 17.6. The molecule has 0 bridgehead atoms. The van der Waals surface area contributed by atoms with Crippen molar-refractivity contribution in [3.05, 3.63) is 53.3 Å². The molecule has 2 N–H and O–H groups in total.